The Morgan fingerprint density at radius 1 is 1.13 bits per heavy atom. The van der Waals surface area contributed by atoms with E-state index in [4.69, 9.17) is 5.26 Å². The normalized spacial score (nSPS) is 12.8. The summed E-state index contributed by atoms with van der Waals surface area (Å²) in [5.41, 5.74) is -4.55. The van der Waals surface area contributed by atoms with Crippen molar-refractivity contribution in [3.63, 3.8) is 0 Å². The van der Waals surface area contributed by atoms with Crippen LogP contribution in [0.4, 0.5) is 26.3 Å². The minimum Gasteiger partial charge on any atom is -0.281 e. The van der Waals surface area contributed by atoms with Gasteiger partial charge in [-0.3, -0.25) is 4.18 Å². The van der Waals surface area contributed by atoms with Crippen LogP contribution >= 0.6 is 0 Å². The Kier molecular flexibility index (Phi) is 5.17. The summed E-state index contributed by atoms with van der Waals surface area (Å²) in [6.07, 6.45) is -9.44. The van der Waals surface area contributed by atoms with Gasteiger partial charge in [0.1, 0.15) is 0 Å². The molecule has 0 aliphatic rings. The summed E-state index contributed by atoms with van der Waals surface area (Å²) >= 11 is 0. The molecule has 0 aromatic heterocycles. The fraction of sp³-hybridized carbons (Fsp3) is 0.364. The molecule has 0 saturated carbocycles. The van der Waals surface area contributed by atoms with E-state index in [0.29, 0.717) is 6.07 Å². The number of alkyl halides is 6. The Morgan fingerprint density at radius 2 is 1.70 bits per heavy atom. The quantitative estimate of drug-likeness (QED) is 0.606. The SMILES string of the molecule is Cc1cc(C(F)(F)F)cc(C(F)(F)F)c1COS(=O)(=O)OC#N. The van der Waals surface area contributed by atoms with Gasteiger partial charge in [0.15, 0.2) is 0 Å². The minimum absolute atomic E-state index is 0.149. The molecule has 0 unspecified atom stereocenters. The number of halogens is 6. The van der Waals surface area contributed by atoms with Crippen molar-refractivity contribution in [2.45, 2.75) is 25.9 Å². The standard InChI is InChI=1S/C11H7F6NO4S/c1-6-2-7(10(12,13)14)3-9(11(15,16)17)8(6)4-21-23(19,20)22-5-18/h2-3H,4H2,1H3. The Labute approximate surface area is 126 Å². The molecule has 0 radical (unpaired) electrons. The van der Waals surface area contributed by atoms with Gasteiger partial charge in [0.05, 0.1) is 17.7 Å². The summed E-state index contributed by atoms with van der Waals surface area (Å²) in [5, 5.41) is 8.03. The predicted molar refractivity (Wildman–Crippen MR) is 61.6 cm³/mol. The molecule has 0 spiro atoms. The van der Waals surface area contributed by atoms with Gasteiger partial charge < -0.3 is 0 Å². The van der Waals surface area contributed by atoms with E-state index in [9.17, 15) is 34.8 Å². The van der Waals surface area contributed by atoms with Crippen LogP contribution in [0.15, 0.2) is 12.1 Å². The lowest BCUT2D eigenvalue weighted by Gasteiger charge is -2.18. The van der Waals surface area contributed by atoms with Gasteiger partial charge in [0.25, 0.3) is 0 Å². The van der Waals surface area contributed by atoms with Crippen LogP contribution in [0.3, 0.4) is 0 Å². The average molecular weight is 363 g/mol. The fourth-order valence-electron chi connectivity index (χ4n) is 1.63. The first-order valence-electron chi connectivity index (χ1n) is 5.53. The second kappa shape index (κ2) is 6.25. The molecule has 1 aromatic rings. The highest BCUT2D eigenvalue weighted by Crippen LogP contribution is 2.39. The lowest BCUT2D eigenvalue weighted by Crippen LogP contribution is -2.17. The molecule has 0 bridgehead atoms. The molecule has 0 aliphatic heterocycles. The molecule has 0 heterocycles. The summed E-state index contributed by atoms with van der Waals surface area (Å²) in [6.45, 7) is -0.316. The third-order valence-corrected chi connectivity index (χ3v) is 3.28. The molecule has 128 valence electrons. The third-order valence-electron chi connectivity index (χ3n) is 2.59. The van der Waals surface area contributed by atoms with Crippen LogP contribution in [0.2, 0.25) is 0 Å². The van der Waals surface area contributed by atoms with E-state index < -0.39 is 51.6 Å². The lowest BCUT2D eigenvalue weighted by atomic mass is 9.98. The van der Waals surface area contributed by atoms with E-state index in [1.165, 1.54) is 0 Å². The largest absolute Gasteiger partial charge is 0.459 e. The van der Waals surface area contributed by atoms with Gasteiger partial charge >= 0.3 is 29.0 Å². The second-order valence-electron chi connectivity index (χ2n) is 4.16. The van der Waals surface area contributed by atoms with Gasteiger partial charge in [-0.2, -0.15) is 34.8 Å². The zero-order valence-corrected chi connectivity index (χ0v) is 11.9. The number of benzene rings is 1. The molecule has 1 aromatic carbocycles. The number of hydrogen-bond donors (Lipinski definition) is 0. The van der Waals surface area contributed by atoms with Gasteiger partial charge in [-0.05, 0) is 30.2 Å². The molecule has 0 aliphatic carbocycles. The molecular formula is C11H7F6NO4S. The zero-order valence-electron chi connectivity index (χ0n) is 11.1. The first kappa shape index (κ1) is 19.0. The molecule has 1 rings (SSSR count). The van der Waals surface area contributed by atoms with Crippen molar-refractivity contribution < 1.29 is 43.1 Å². The van der Waals surface area contributed by atoms with E-state index in [0.717, 1.165) is 13.2 Å². The van der Waals surface area contributed by atoms with Crippen LogP contribution in [-0.4, -0.2) is 8.42 Å². The Morgan fingerprint density at radius 3 is 2.13 bits per heavy atom. The third kappa shape index (κ3) is 5.00. The van der Waals surface area contributed by atoms with Crippen molar-refractivity contribution in [2.24, 2.45) is 0 Å². The van der Waals surface area contributed by atoms with Crippen LogP contribution in [0, 0.1) is 18.4 Å². The molecular weight excluding hydrogens is 356 g/mol. The van der Waals surface area contributed by atoms with Crippen LogP contribution in [0.25, 0.3) is 0 Å². The topological polar surface area (TPSA) is 76.4 Å². The first-order chi connectivity index (χ1) is 10.3. The van der Waals surface area contributed by atoms with Crippen molar-refractivity contribution in [1.82, 2.24) is 0 Å². The van der Waals surface area contributed by atoms with Crippen LogP contribution < -0.4 is 0 Å². The predicted octanol–water partition coefficient (Wildman–Crippen LogP) is 3.29. The highest BCUT2D eigenvalue weighted by Gasteiger charge is 2.39. The maximum atomic E-state index is 12.9. The molecule has 0 saturated heterocycles. The Hall–Kier alpha value is -2.00. The van der Waals surface area contributed by atoms with E-state index in [1.54, 1.807) is 0 Å². The summed E-state index contributed by atoms with van der Waals surface area (Å²) in [4.78, 5) is 0. The maximum absolute atomic E-state index is 12.9. The number of nitrogens with zero attached hydrogens (tertiary/aromatic N) is 1. The Balaban J connectivity index is 3.35. The second-order valence-corrected chi connectivity index (χ2v) is 5.38. The van der Waals surface area contributed by atoms with Crippen LogP contribution in [-0.2, 0) is 37.7 Å². The van der Waals surface area contributed by atoms with Crippen molar-refractivity contribution in [1.29, 1.82) is 5.26 Å². The van der Waals surface area contributed by atoms with E-state index in [1.807, 2.05) is 0 Å². The summed E-state index contributed by atoms with van der Waals surface area (Å²) in [5.74, 6) is 0. The molecule has 5 nitrogen and oxygen atoms in total. The van der Waals surface area contributed by atoms with Crippen molar-refractivity contribution in [3.8, 4) is 6.26 Å². The number of aryl methyl sites for hydroxylation is 1. The molecule has 0 atom stereocenters. The highest BCUT2D eigenvalue weighted by atomic mass is 32.3. The molecule has 23 heavy (non-hydrogen) atoms. The van der Waals surface area contributed by atoms with Gasteiger partial charge in [0.2, 0.25) is 0 Å². The van der Waals surface area contributed by atoms with E-state index in [2.05, 4.69) is 8.37 Å². The van der Waals surface area contributed by atoms with Gasteiger partial charge in [-0.25, -0.2) is 4.18 Å². The lowest BCUT2D eigenvalue weighted by molar-refractivity contribution is -0.143. The number of hydrogen-bond acceptors (Lipinski definition) is 5. The first-order valence-corrected chi connectivity index (χ1v) is 6.86. The van der Waals surface area contributed by atoms with Gasteiger partial charge in [-0.1, -0.05) is 0 Å². The summed E-state index contributed by atoms with van der Waals surface area (Å²) in [6, 6.07) is 0.273. The fourth-order valence-corrected chi connectivity index (χ4v) is 2.03. The van der Waals surface area contributed by atoms with Crippen molar-refractivity contribution >= 4 is 10.4 Å². The van der Waals surface area contributed by atoms with E-state index in [-0.39, 0.29) is 6.07 Å². The summed E-state index contributed by atoms with van der Waals surface area (Å²) < 4.78 is 106. The average Bonchev–Trinajstić information content (AvgIpc) is 2.34. The van der Waals surface area contributed by atoms with Crippen molar-refractivity contribution in [2.75, 3.05) is 0 Å². The smallest absolute Gasteiger partial charge is 0.281 e. The van der Waals surface area contributed by atoms with E-state index >= 15 is 0 Å². The molecule has 0 N–H and O–H groups in total. The highest BCUT2D eigenvalue weighted by molar-refractivity contribution is 7.82. The van der Waals surface area contributed by atoms with Gasteiger partial charge in [0, 0.05) is 0 Å². The Bertz CT molecular complexity index is 733. The maximum Gasteiger partial charge on any atom is 0.459 e. The zero-order chi connectivity index (χ0) is 18.1. The number of rotatable bonds is 4. The van der Waals surface area contributed by atoms with Crippen molar-refractivity contribution in [3.05, 3.63) is 34.4 Å². The minimum atomic E-state index is -5.18. The van der Waals surface area contributed by atoms with Gasteiger partial charge in [-0.15, -0.1) is 5.26 Å². The monoisotopic (exact) mass is 363 g/mol. The summed E-state index contributed by atoms with van der Waals surface area (Å²) in [7, 11) is -4.90. The number of nitriles is 1. The molecule has 0 amide bonds. The molecule has 0 fully saturated rings. The van der Waals surface area contributed by atoms with Crippen LogP contribution in [0.1, 0.15) is 22.3 Å². The molecule has 12 heteroatoms. The van der Waals surface area contributed by atoms with Crippen LogP contribution in [0.5, 0.6) is 0 Å².